The Labute approximate surface area is 70.3 Å². The third-order valence-corrected chi connectivity index (χ3v) is 1.75. The lowest BCUT2D eigenvalue weighted by Crippen LogP contribution is -2.47. The molecule has 0 aromatic rings. The molecule has 2 nitrogen and oxygen atoms in total. The topological polar surface area (TPSA) is 21.3 Å². The summed E-state index contributed by atoms with van der Waals surface area (Å²) in [7, 11) is 1.74. The fraction of sp³-hybridized carbons (Fsp3) is 1.00. The van der Waals surface area contributed by atoms with E-state index in [-0.39, 0.29) is 5.54 Å². The minimum atomic E-state index is 0.101. The zero-order valence-electron chi connectivity index (χ0n) is 8.40. The number of ether oxygens (including phenoxy) is 1. The van der Waals surface area contributed by atoms with Gasteiger partial charge in [-0.1, -0.05) is 6.92 Å². The zero-order valence-corrected chi connectivity index (χ0v) is 8.40. The highest BCUT2D eigenvalue weighted by Gasteiger charge is 2.18. The van der Waals surface area contributed by atoms with Crippen LogP contribution in [0.5, 0.6) is 0 Å². The highest BCUT2D eigenvalue weighted by atomic mass is 16.5. The number of methoxy groups -OCH3 is 1. The zero-order chi connectivity index (χ0) is 8.91. The van der Waals surface area contributed by atoms with Gasteiger partial charge < -0.3 is 10.1 Å². The van der Waals surface area contributed by atoms with Crippen LogP contribution in [0.3, 0.4) is 0 Å². The molecular weight excluding hydrogens is 138 g/mol. The molecule has 0 rings (SSSR count). The van der Waals surface area contributed by atoms with Gasteiger partial charge >= 0.3 is 0 Å². The second-order valence-corrected chi connectivity index (χ2v) is 3.77. The van der Waals surface area contributed by atoms with Crippen LogP contribution in [0.1, 0.15) is 34.1 Å². The molecule has 0 aliphatic carbocycles. The van der Waals surface area contributed by atoms with E-state index in [9.17, 15) is 0 Å². The maximum atomic E-state index is 5.09. The lowest BCUT2D eigenvalue weighted by atomic mass is 10.1. The van der Waals surface area contributed by atoms with Crippen molar-refractivity contribution in [2.45, 2.75) is 45.7 Å². The van der Waals surface area contributed by atoms with Gasteiger partial charge in [-0.2, -0.15) is 0 Å². The van der Waals surface area contributed by atoms with Crippen molar-refractivity contribution in [1.29, 1.82) is 0 Å². The van der Waals surface area contributed by atoms with Crippen molar-refractivity contribution in [1.82, 2.24) is 5.32 Å². The molecule has 0 fully saturated rings. The summed E-state index contributed by atoms with van der Waals surface area (Å²) >= 11 is 0. The van der Waals surface area contributed by atoms with E-state index < -0.39 is 0 Å². The van der Waals surface area contributed by atoms with E-state index in [2.05, 4.69) is 33.0 Å². The van der Waals surface area contributed by atoms with E-state index in [0.717, 1.165) is 13.0 Å². The van der Waals surface area contributed by atoms with Crippen molar-refractivity contribution >= 4 is 0 Å². The Balaban J connectivity index is 3.70. The molecule has 1 unspecified atom stereocenters. The predicted octanol–water partition coefficient (Wildman–Crippen LogP) is 1.80. The first kappa shape index (κ1) is 10.9. The van der Waals surface area contributed by atoms with E-state index in [0.29, 0.717) is 6.04 Å². The fourth-order valence-corrected chi connectivity index (χ4v) is 1.17. The number of hydrogen-bond acceptors (Lipinski definition) is 2. The van der Waals surface area contributed by atoms with Crippen molar-refractivity contribution in [2.24, 2.45) is 0 Å². The normalized spacial score (nSPS) is 15.0. The van der Waals surface area contributed by atoms with Crippen LogP contribution in [0, 0.1) is 0 Å². The summed E-state index contributed by atoms with van der Waals surface area (Å²) in [6.07, 6.45) is 1.16. The van der Waals surface area contributed by atoms with Gasteiger partial charge in [0.2, 0.25) is 0 Å². The van der Waals surface area contributed by atoms with Crippen molar-refractivity contribution in [3.05, 3.63) is 0 Å². The second-order valence-electron chi connectivity index (χ2n) is 3.77. The number of rotatable bonds is 5. The number of hydrogen-bond donors (Lipinski definition) is 1. The summed E-state index contributed by atoms with van der Waals surface area (Å²) in [5, 5.41) is 3.48. The molecule has 0 spiro atoms. The Hall–Kier alpha value is -0.0800. The van der Waals surface area contributed by atoms with Gasteiger partial charge in [0.1, 0.15) is 0 Å². The molecular formula is C9H21NO. The lowest BCUT2D eigenvalue weighted by Gasteiger charge is -2.28. The Morgan fingerprint density at radius 2 is 2.00 bits per heavy atom. The van der Waals surface area contributed by atoms with Crippen LogP contribution >= 0.6 is 0 Å². The summed E-state index contributed by atoms with van der Waals surface area (Å²) < 4.78 is 5.09. The summed E-state index contributed by atoms with van der Waals surface area (Å²) in [6, 6.07) is 0.570. The highest BCUT2D eigenvalue weighted by molar-refractivity contribution is 4.79. The average molecular weight is 159 g/mol. The smallest absolute Gasteiger partial charge is 0.0639 e. The van der Waals surface area contributed by atoms with Crippen LogP contribution in [-0.4, -0.2) is 25.3 Å². The Kier molecular flexibility index (Phi) is 4.69. The predicted molar refractivity (Wildman–Crippen MR) is 48.8 cm³/mol. The van der Waals surface area contributed by atoms with Crippen molar-refractivity contribution in [2.75, 3.05) is 13.7 Å². The summed E-state index contributed by atoms with van der Waals surface area (Å²) in [5.41, 5.74) is 0.101. The summed E-state index contributed by atoms with van der Waals surface area (Å²) in [6.45, 7) is 9.45. The van der Waals surface area contributed by atoms with Gasteiger partial charge in [0.25, 0.3) is 0 Å². The molecule has 0 bridgehead atoms. The maximum Gasteiger partial charge on any atom is 0.0639 e. The van der Waals surface area contributed by atoms with Crippen molar-refractivity contribution in [3.63, 3.8) is 0 Å². The molecule has 1 atom stereocenters. The number of nitrogens with one attached hydrogen (secondary N) is 1. The van der Waals surface area contributed by atoms with Gasteiger partial charge in [-0.15, -0.1) is 0 Å². The van der Waals surface area contributed by atoms with Crippen LogP contribution in [0.15, 0.2) is 0 Å². The maximum absolute atomic E-state index is 5.09. The van der Waals surface area contributed by atoms with Gasteiger partial charge in [0, 0.05) is 18.7 Å². The highest BCUT2D eigenvalue weighted by Crippen LogP contribution is 2.04. The molecule has 0 saturated heterocycles. The van der Waals surface area contributed by atoms with E-state index in [1.54, 1.807) is 7.11 Å². The van der Waals surface area contributed by atoms with Gasteiger partial charge in [-0.25, -0.2) is 0 Å². The van der Waals surface area contributed by atoms with E-state index in [1.165, 1.54) is 0 Å². The van der Waals surface area contributed by atoms with Gasteiger partial charge in [0.15, 0.2) is 0 Å². The van der Waals surface area contributed by atoms with Crippen LogP contribution in [0.2, 0.25) is 0 Å². The molecule has 0 aromatic heterocycles. The minimum absolute atomic E-state index is 0.101. The Bertz CT molecular complexity index is 102. The van der Waals surface area contributed by atoms with E-state index in [4.69, 9.17) is 4.74 Å². The third kappa shape index (κ3) is 5.22. The van der Waals surface area contributed by atoms with Crippen LogP contribution in [0.4, 0.5) is 0 Å². The monoisotopic (exact) mass is 159 g/mol. The minimum Gasteiger partial charge on any atom is -0.383 e. The first-order valence-corrected chi connectivity index (χ1v) is 4.28. The van der Waals surface area contributed by atoms with Crippen LogP contribution < -0.4 is 5.32 Å². The molecule has 2 heteroatoms. The summed E-state index contributed by atoms with van der Waals surface area (Å²) in [4.78, 5) is 0. The van der Waals surface area contributed by atoms with Crippen LogP contribution in [-0.2, 0) is 4.74 Å². The van der Waals surface area contributed by atoms with Crippen LogP contribution in [0.25, 0.3) is 0 Å². The lowest BCUT2D eigenvalue weighted by molar-refractivity contribution is 0.121. The molecule has 0 heterocycles. The van der Waals surface area contributed by atoms with E-state index in [1.807, 2.05) is 0 Å². The molecule has 0 aliphatic heterocycles. The summed E-state index contributed by atoms with van der Waals surface area (Å²) in [5.74, 6) is 0. The Morgan fingerprint density at radius 1 is 1.45 bits per heavy atom. The average Bonchev–Trinajstić information content (AvgIpc) is 1.86. The molecule has 0 aliphatic rings. The van der Waals surface area contributed by atoms with Gasteiger partial charge in [0.05, 0.1) is 6.61 Å². The van der Waals surface area contributed by atoms with Gasteiger partial charge in [-0.05, 0) is 27.2 Å². The first-order chi connectivity index (χ1) is 5.02. The molecule has 68 valence electrons. The standard InChI is InChI=1S/C9H21NO/c1-6-8(2)10-9(3,4)7-11-5/h8,10H,6-7H2,1-5H3. The largest absolute Gasteiger partial charge is 0.383 e. The van der Waals surface area contributed by atoms with E-state index >= 15 is 0 Å². The molecule has 0 radical (unpaired) electrons. The fourth-order valence-electron chi connectivity index (χ4n) is 1.17. The molecule has 0 saturated carbocycles. The Morgan fingerprint density at radius 3 is 2.36 bits per heavy atom. The third-order valence-electron chi connectivity index (χ3n) is 1.75. The van der Waals surface area contributed by atoms with Gasteiger partial charge in [-0.3, -0.25) is 0 Å². The SMILES string of the molecule is CCC(C)NC(C)(C)COC. The quantitative estimate of drug-likeness (QED) is 0.660. The molecule has 11 heavy (non-hydrogen) atoms. The first-order valence-electron chi connectivity index (χ1n) is 4.28. The molecule has 0 aromatic carbocycles. The molecule has 1 N–H and O–H groups in total. The second kappa shape index (κ2) is 4.73. The van der Waals surface area contributed by atoms with Crippen molar-refractivity contribution < 1.29 is 4.74 Å². The van der Waals surface area contributed by atoms with Crippen molar-refractivity contribution in [3.8, 4) is 0 Å². The molecule has 0 amide bonds.